The van der Waals surface area contributed by atoms with Gasteiger partial charge in [-0.25, -0.2) is 4.79 Å². The van der Waals surface area contributed by atoms with Crippen LogP contribution in [-0.2, 0) is 9.59 Å². The van der Waals surface area contributed by atoms with E-state index < -0.39 is 17.9 Å². The summed E-state index contributed by atoms with van der Waals surface area (Å²) in [5, 5.41) is 12.0. The average molecular weight is 300 g/mol. The van der Waals surface area contributed by atoms with Crippen molar-refractivity contribution >= 4 is 23.5 Å². The van der Waals surface area contributed by atoms with Gasteiger partial charge in [0.2, 0.25) is 0 Å². The number of halogens is 1. The molecule has 5 nitrogen and oxygen atoms in total. The number of benzene rings is 1. The number of nitrogens with one attached hydrogen (secondary N) is 1. The Kier molecular flexibility index (Phi) is 5.82. The number of hydrogen-bond donors (Lipinski definition) is 2. The molecule has 6 heteroatoms. The fourth-order valence-corrected chi connectivity index (χ4v) is 1.78. The van der Waals surface area contributed by atoms with Gasteiger partial charge in [0.15, 0.2) is 6.61 Å². The summed E-state index contributed by atoms with van der Waals surface area (Å²) in [5.74, 6) is -1.24. The standard InChI is InChI=1S/C14H18ClNO4/c1-8(2)13(14(18)19)16-12(17)7-20-11-6-4-5-10(15)9(11)3/h4-6,8,13H,7H2,1-3H3,(H,16,17)(H,18,19)/t13-/m1/s1. The van der Waals surface area contributed by atoms with Gasteiger partial charge in [-0.1, -0.05) is 31.5 Å². The van der Waals surface area contributed by atoms with Gasteiger partial charge in [-0.05, 0) is 25.0 Å². The Morgan fingerprint density at radius 1 is 1.40 bits per heavy atom. The van der Waals surface area contributed by atoms with Crippen LogP contribution in [0.4, 0.5) is 0 Å². The predicted molar refractivity (Wildman–Crippen MR) is 76.1 cm³/mol. The smallest absolute Gasteiger partial charge is 0.326 e. The molecular formula is C14H18ClNO4. The van der Waals surface area contributed by atoms with E-state index in [0.717, 1.165) is 5.56 Å². The van der Waals surface area contributed by atoms with Crippen molar-refractivity contribution in [3.05, 3.63) is 28.8 Å². The molecule has 110 valence electrons. The first-order valence-electron chi connectivity index (χ1n) is 6.23. The van der Waals surface area contributed by atoms with Crippen LogP contribution in [0.25, 0.3) is 0 Å². The van der Waals surface area contributed by atoms with Crippen LogP contribution in [0.3, 0.4) is 0 Å². The van der Waals surface area contributed by atoms with Gasteiger partial charge < -0.3 is 15.2 Å². The summed E-state index contributed by atoms with van der Waals surface area (Å²) in [5.41, 5.74) is 0.737. The molecule has 0 aromatic heterocycles. The molecule has 0 aliphatic rings. The molecule has 0 heterocycles. The first-order chi connectivity index (χ1) is 9.32. The van der Waals surface area contributed by atoms with E-state index in [0.29, 0.717) is 10.8 Å². The maximum Gasteiger partial charge on any atom is 0.326 e. The molecule has 2 N–H and O–H groups in total. The van der Waals surface area contributed by atoms with Crippen LogP contribution in [0.2, 0.25) is 5.02 Å². The quantitative estimate of drug-likeness (QED) is 0.845. The van der Waals surface area contributed by atoms with Gasteiger partial charge in [-0.15, -0.1) is 0 Å². The molecule has 1 aromatic rings. The zero-order valence-electron chi connectivity index (χ0n) is 11.6. The van der Waals surface area contributed by atoms with E-state index in [1.54, 1.807) is 39.0 Å². The van der Waals surface area contributed by atoms with E-state index in [4.69, 9.17) is 21.4 Å². The van der Waals surface area contributed by atoms with Crippen molar-refractivity contribution in [1.82, 2.24) is 5.32 Å². The molecule has 0 aliphatic carbocycles. The minimum atomic E-state index is -1.06. The lowest BCUT2D eigenvalue weighted by atomic mass is 10.1. The molecule has 1 rings (SSSR count). The number of carboxylic acid groups (broad SMARTS) is 1. The summed E-state index contributed by atoms with van der Waals surface area (Å²) in [4.78, 5) is 22.7. The van der Waals surface area contributed by atoms with E-state index in [9.17, 15) is 9.59 Å². The number of carbonyl (C=O) groups excluding carboxylic acids is 1. The maximum atomic E-state index is 11.7. The summed E-state index contributed by atoms with van der Waals surface area (Å²) in [6.07, 6.45) is 0. The topological polar surface area (TPSA) is 75.6 Å². The highest BCUT2D eigenvalue weighted by molar-refractivity contribution is 6.31. The highest BCUT2D eigenvalue weighted by Crippen LogP contribution is 2.24. The molecular weight excluding hydrogens is 282 g/mol. The van der Waals surface area contributed by atoms with Gasteiger partial charge in [0.05, 0.1) is 0 Å². The average Bonchev–Trinajstić information content (AvgIpc) is 2.37. The first-order valence-corrected chi connectivity index (χ1v) is 6.60. The van der Waals surface area contributed by atoms with Crippen LogP contribution in [0.5, 0.6) is 5.75 Å². The SMILES string of the molecule is Cc1c(Cl)cccc1OCC(=O)N[C@@H](C(=O)O)C(C)C. The fourth-order valence-electron chi connectivity index (χ4n) is 1.62. The zero-order valence-corrected chi connectivity index (χ0v) is 12.4. The largest absolute Gasteiger partial charge is 0.483 e. The van der Waals surface area contributed by atoms with Crippen molar-refractivity contribution in [1.29, 1.82) is 0 Å². The lowest BCUT2D eigenvalue weighted by molar-refractivity contribution is -0.143. The maximum absolute atomic E-state index is 11.7. The van der Waals surface area contributed by atoms with Crippen molar-refractivity contribution in [2.75, 3.05) is 6.61 Å². The Morgan fingerprint density at radius 2 is 2.05 bits per heavy atom. The van der Waals surface area contributed by atoms with Crippen molar-refractivity contribution < 1.29 is 19.4 Å². The van der Waals surface area contributed by atoms with E-state index in [2.05, 4.69) is 5.32 Å². The summed E-state index contributed by atoms with van der Waals surface area (Å²) in [7, 11) is 0. The minimum Gasteiger partial charge on any atom is -0.483 e. The number of rotatable bonds is 6. The number of hydrogen-bond acceptors (Lipinski definition) is 3. The van der Waals surface area contributed by atoms with Crippen LogP contribution < -0.4 is 10.1 Å². The molecule has 0 spiro atoms. The third-order valence-corrected chi connectivity index (χ3v) is 3.24. The van der Waals surface area contributed by atoms with Crippen LogP contribution in [0.15, 0.2) is 18.2 Å². The monoisotopic (exact) mass is 299 g/mol. The summed E-state index contributed by atoms with van der Waals surface area (Å²) < 4.78 is 5.35. The van der Waals surface area contributed by atoms with Gasteiger partial charge in [0, 0.05) is 10.6 Å². The minimum absolute atomic E-state index is 0.204. The highest BCUT2D eigenvalue weighted by atomic mass is 35.5. The van der Waals surface area contributed by atoms with E-state index in [1.807, 2.05) is 0 Å². The lowest BCUT2D eigenvalue weighted by Crippen LogP contribution is -2.46. The molecule has 1 aromatic carbocycles. The predicted octanol–water partition coefficient (Wildman–Crippen LogP) is 2.25. The van der Waals surface area contributed by atoms with Gasteiger partial charge >= 0.3 is 5.97 Å². The molecule has 0 saturated heterocycles. The second kappa shape index (κ2) is 7.14. The summed E-state index contributed by atoms with van der Waals surface area (Å²) in [6, 6.07) is 4.22. The molecule has 0 unspecified atom stereocenters. The van der Waals surface area contributed by atoms with Gasteiger partial charge in [0.1, 0.15) is 11.8 Å². The molecule has 0 aliphatic heterocycles. The van der Waals surface area contributed by atoms with Crippen LogP contribution in [-0.4, -0.2) is 29.6 Å². The Labute approximate surface area is 122 Å². The summed E-state index contributed by atoms with van der Waals surface area (Å²) >= 11 is 5.94. The van der Waals surface area contributed by atoms with Crippen LogP contribution in [0.1, 0.15) is 19.4 Å². The van der Waals surface area contributed by atoms with E-state index in [-0.39, 0.29) is 12.5 Å². The van der Waals surface area contributed by atoms with Crippen molar-refractivity contribution in [2.45, 2.75) is 26.8 Å². The van der Waals surface area contributed by atoms with Gasteiger partial charge in [-0.2, -0.15) is 0 Å². The first kappa shape index (κ1) is 16.3. The molecule has 1 atom stereocenters. The Hall–Kier alpha value is -1.75. The molecule has 0 saturated carbocycles. The van der Waals surface area contributed by atoms with Gasteiger partial charge in [-0.3, -0.25) is 4.79 Å². The molecule has 0 fully saturated rings. The normalized spacial score (nSPS) is 12.1. The van der Waals surface area contributed by atoms with E-state index in [1.165, 1.54) is 0 Å². The second-order valence-electron chi connectivity index (χ2n) is 4.78. The third kappa shape index (κ3) is 4.42. The Morgan fingerprint density at radius 3 is 2.60 bits per heavy atom. The number of carbonyl (C=O) groups is 2. The third-order valence-electron chi connectivity index (χ3n) is 2.83. The van der Waals surface area contributed by atoms with E-state index >= 15 is 0 Å². The Balaban J connectivity index is 2.59. The molecule has 1 amide bonds. The van der Waals surface area contributed by atoms with Crippen molar-refractivity contribution in [2.24, 2.45) is 5.92 Å². The van der Waals surface area contributed by atoms with Gasteiger partial charge in [0.25, 0.3) is 5.91 Å². The van der Waals surface area contributed by atoms with Crippen molar-refractivity contribution in [3.8, 4) is 5.75 Å². The number of ether oxygens (including phenoxy) is 1. The molecule has 20 heavy (non-hydrogen) atoms. The van der Waals surface area contributed by atoms with Crippen molar-refractivity contribution in [3.63, 3.8) is 0 Å². The fraction of sp³-hybridized carbons (Fsp3) is 0.429. The molecule has 0 bridgehead atoms. The lowest BCUT2D eigenvalue weighted by Gasteiger charge is -2.18. The molecule has 0 radical (unpaired) electrons. The summed E-state index contributed by atoms with van der Waals surface area (Å²) in [6.45, 7) is 4.98. The van der Waals surface area contributed by atoms with Crippen LogP contribution in [0, 0.1) is 12.8 Å². The highest BCUT2D eigenvalue weighted by Gasteiger charge is 2.23. The number of aliphatic carboxylic acids is 1. The number of carboxylic acids is 1. The second-order valence-corrected chi connectivity index (χ2v) is 5.19. The van der Waals surface area contributed by atoms with Crippen LogP contribution >= 0.6 is 11.6 Å². The number of amides is 1. The zero-order chi connectivity index (χ0) is 15.3. The Bertz CT molecular complexity index is 502.